The first kappa shape index (κ1) is 18.0. The van der Waals surface area contributed by atoms with Gasteiger partial charge in [0.2, 0.25) is 0 Å². The van der Waals surface area contributed by atoms with Gasteiger partial charge in [-0.1, -0.05) is 24.3 Å². The molecule has 6 heteroatoms. The molecule has 0 amide bonds. The average Bonchev–Trinajstić information content (AvgIpc) is 3.57. The standard InChI is InChI=1S/C23H25N5O/c1-15-4-2-3-5-18(15)21(29)16-9-12-28(13-10-16)23-22(25-17-6-7-17)26-19-8-11-24-14-20(19)27-23/h2-5,8,11,14,16-17H,6-7,9-10,12-13H2,1H3,(H,25,26). The zero-order valence-electron chi connectivity index (χ0n) is 16.6. The van der Waals surface area contributed by atoms with Crippen LogP contribution in [0.5, 0.6) is 0 Å². The van der Waals surface area contributed by atoms with Gasteiger partial charge in [-0.15, -0.1) is 0 Å². The number of aromatic nitrogens is 3. The summed E-state index contributed by atoms with van der Waals surface area (Å²) in [4.78, 5) is 29.2. The summed E-state index contributed by atoms with van der Waals surface area (Å²) in [6.45, 7) is 3.63. The molecule has 0 unspecified atom stereocenters. The van der Waals surface area contributed by atoms with Crippen molar-refractivity contribution in [2.45, 2.75) is 38.6 Å². The molecule has 3 aromatic rings. The van der Waals surface area contributed by atoms with E-state index in [0.717, 1.165) is 59.7 Å². The SMILES string of the molecule is Cc1ccccc1C(=O)C1CCN(c2nc3cnccc3nc2NC2CC2)CC1. The van der Waals surface area contributed by atoms with Gasteiger partial charge >= 0.3 is 0 Å². The monoisotopic (exact) mass is 387 g/mol. The highest BCUT2D eigenvalue weighted by Crippen LogP contribution is 2.33. The van der Waals surface area contributed by atoms with E-state index in [1.165, 1.54) is 12.8 Å². The molecule has 1 aliphatic heterocycles. The maximum absolute atomic E-state index is 13.0. The predicted octanol–water partition coefficient (Wildman–Crippen LogP) is 4.01. The largest absolute Gasteiger partial charge is 0.364 e. The molecule has 3 heterocycles. The minimum Gasteiger partial charge on any atom is -0.364 e. The molecular formula is C23H25N5O. The molecule has 148 valence electrons. The Hall–Kier alpha value is -3.02. The fourth-order valence-electron chi connectivity index (χ4n) is 4.06. The quantitative estimate of drug-likeness (QED) is 0.667. The summed E-state index contributed by atoms with van der Waals surface area (Å²) in [6.07, 6.45) is 7.55. The summed E-state index contributed by atoms with van der Waals surface area (Å²) in [7, 11) is 0. The molecule has 2 aliphatic rings. The third-order valence-electron chi connectivity index (χ3n) is 5.94. The molecule has 0 radical (unpaired) electrons. The van der Waals surface area contributed by atoms with Crippen LogP contribution in [0.3, 0.4) is 0 Å². The Kier molecular flexibility index (Phi) is 4.62. The lowest BCUT2D eigenvalue weighted by molar-refractivity contribution is 0.0900. The third-order valence-corrected chi connectivity index (χ3v) is 5.94. The second kappa shape index (κ2) is 7.43. The Morgan fingerprint density at radius 3 is 2.59 bits per heavy atom. The number of pyridine rings is 1. The lowest BCUT2D eigenvalue weighted by Gasteiger charge is -2.33. The molecule has 5 rings (SSSR count). The maximum atomic E-state index is 13.0. The third kappa shape index (κ3) is 3.67. The Labute approximate surface area is 170 Å². The highest BCUT2D eigenvalue weighted by molar-refractivity contribution is 5.99. The van der Waals surface area contributed by atoms with E-state index in [0.29, 0.717) is 6.04 Å². The molecule has 0 spiro atoms. The van der Waals surface area contributed by atoms with Crippen molar-refractivity contribution >= 4 is 28.5 Å². The molecule has 29 heavy (non-hydrogen) atoms. The van der Waals surface area contributed by atoms with Gasteiger partial charge in [0.15, 0.2) is 17.4 Å². The van der Waals surface area contributed by atoms with Gasteiger partial charge < -0.3 is 10.2 Å². The first-order chi connectivity index (χ1) is 14.2. The average molecular weight is 387 g/mol. The van der Waals surface area contributed by atoms with Crippen molar-refractivity contribution < 1.29 is 4.79 Å². The van der Waals surface area contributed by atoms with Crippen LogP contribution in [-0.2, 0) is 0 Å². The number of Topliss-reactive ketones (excluding diaryl/α,β-unsaturated/α-hetero) is 1. The summed E-state index contributed by atoms with van der Waals surface area (Å²) < 4.78 is 0. The van der Waals surface area contributed by atoms with Crippen LogP contribution in [0.2, 0.25) is 0 Å². The van der Waals surface area contributed by atoms with Gasteiger partial charge in [0.05, 0.1) is 11.7 Å². The first-order valence-electron chi connectivity index (χ1n) is 10.4. The van der Waals surface area contributed by atoms with E-state index in [1.54, 1.807) is 12.4 Å². The van der Waals surface area contributed by atoms with Gasteiger partial charge in [-0.25, -0.2) is 9.97 Å². The second-order valence-corrected chi connectivity index (χ2v) is 8.12. The van der Waals surface area contributed by atoms with Crippen LogP contribution in [0.4, 0.5) is 11.6 Å². The summed E-state index contributed by atoms with van der Waals surface area (Å²) in [6, 6.07) is 10.3. The number of hydrogen-bond donors (Lipinski definition) is 1. The van der Waals surface area contributed by atoms with E-state index in [-0.39, 0.29) is 11.7 Å². The first-order valence-corrected chi connectivity index (χ1v) is 10.4. The summed E-state index contributed by atoms with van der Waals surface area (Å²) in [5.74, 6) is 2.09. The highest BCUT2D eigenvalue weighted by Gasteiger charge is 2.30. The summed E-state index contributed by atoms with van der Waals surface area (Å²) in [5.41, 5.74) is 3.58. The highest BCUT2D eigenvalue weighted by atomic mass is 16.1. The van der Waals surface area contributed by atoms with Crippen molar-refractivity contribution in [1.29, 1.82) is 0 Å². The summed E-state index contributed by atoms with van der Waals surface area (Å²) >= 11 is 0. The van der Waals surface area contributed by atoms with Crippen LogP contribution in [0.1, 0.15) is 41.6 Å². The molecule has 1 N–H and O–H groups in total. The molecule has 2 aromatic heterocycles. The summed E-state index contributed by atoms with van der Waals surface area (Å²) in [5, 5.41) is 3.54. The lowest BCUT2D eigenvalue weighted by atomic mass is 9.87. The normalized spacial score (nSPS) is 17.5. The van der Waals surface area contributed by atoms with E-state index >= 15 is 0 Å². The number of carbonyl (C=O) groups excluding carboxylic acids is 1. The Morgan fingerprint density at radius 2 is 1.83 bits per heavy atom. The fraction of sp³-hybridized carbons (Fsp3) is 0.391. The van der Waals surface area contributed by atoms with Crippen molar-refractivity contribution in [2.24, 2.45) is 5.92 Å². The number of nitrogens with one attached hydrogen (secondary N) is 1. The predicted molar refractivity (Wildman–Crippen MR) is 114 cm³/mol. The number of anilines is 2. The van der Waals surface area contributed by atoms with E-state index < -0.39 is 0 Å². The number of benzene rings is 1. The van der Waals surface area contributed by atoms with E-state index in [4.69, 9.17) is 9.97 Å². The van der Waals surface area contributed by atoms with Crippen LogP contribution in [0, 0.1) is 12.8 Å². The molecule has 0 atom stereocenters. The van der Waals surface area contributed by atoms with Crippen molar-refractivity contribution in [2.75, 3.05) is 23.3 Å². The van der Waals surface area contributed by atoms with Gasteiger partial charge in [0.25, 0.3) is 0 Å². The molecule has 1 saturated heterocycles. The zero-order chi connectivity index (χ0) is 19.8. The number of hydrogen-bond acceptors (Lipinski definition) is 6. The number of fused-ring (bicyclic) bond motifs is 1. The Morgan fingerprint density at radius 1 is 1.03 bits per heavy atom. The second-order valence-electron chi connectivity index (χ2n) is 8.12. The zero-order valence-corrected chi connectivity index (χ0v) is 16.6. The number of nitrogens with zero attached hydrogens (tertiary/aromatic N) is 4. The van der Waals surface area contributed by atoms with Gasteiger partial charge in [0.1, 0.15) is 5.52 Å². The van der Waals surface area contributed by atoms with Crippen molar-refractivity contribution in [3.05, 3.63) is 53.9 Å². The Bertz CT molecular complexity index is 1050. The van der Waals surface area contributed by atoms with Crippen molar-refractivity contribution in [3.8, 4) is 0 Å². The Balaban J connectivity index is 1.37. The number of piperidine rings is 1. The molecular weight excluding hydrogens is 362 g/mol. The van der Waals surface area contributed by atoms with Gasteiger partial charge in [-0.05, 0) is 44.2 Å². The molecule has 2 fully saturated rings. The van der Waals surface area contributed by atoms with Crippen LogP contribution < -0.4 is 10.2 Å². The van der Waals surface area contributed by atoms with Gasteiger partial charge in [0, 0.05) is 36.8 Å². The maximum Gasteiger partial charge on any atom is 0.172 e. The van der Waals surface area contributed by atoms with E-state index in [2.05, 4.69) is 15.2 Å². The number of carbonyl (C=O) groups is 1. The lowest BCUT2D eigenvalue weighted by Crippen LogP contribution is -2.37. The smallest absolute Gasteiger partial charge is 0.172 e. The van der Waals surface area contributed by atoms with Crippen molar-refractivity contribution in [1.82, 2.24) is 15.0 Å². The van der Waals surface area contributed by atoms with E-state index in [1.807, 2.05) is 37.3 Å². The van der Waals surface area contributed by atoms with Crippen molar-refractivity contribution in [3.63, 3.8) is 0 Å². The molecule has 6 nitrogen and oxygen atoms in total. The molecule has 1 aliphatic carbocycles. The minimum absolute atomic E-state index is 0.0715. The molecule has 0 bridgehead atoms. The number of aryl methyl sites for hydroxylation is 1. The van der Waals surface area contributed by atoms with Crippen LogP contribution >= 0.6 is 0 Å². The van der Waals surface area contributed by atoms with Gasteiger partial charge in [-0.3, -0.25) is 9.78 Å². The molecule has 1 saturated carbocycles. The number of ketones is 1. The molecule has 1 aromatic carbocycles. The van der Waals surface area contributed by atoms with Crippen LogP contribution in [0.25, 0.3) is 11.0 Å². The van der Waals surface area contributed by atoms with Crippen LogP contribution in [-0.4, -0.2) is 39.9 Å². The number of rotatable bonds is 5. The topological polar surface area (TPSA) is 71.0 Å². The van der Waals surface area contributed by atoms with Crippen LogP contribution in [0.15, 0.2) is 42.7 Å². The van der Waals surface area contributed by atoms with Gasteiger partial charge in [-0.2, -0.15) is 0 Å². The van der Waals surface area contributed by atoms with E-state index in [9.17, 15) is 4.79 Å². The fourth-order valence-corrected chi connectivity index (χ4v) is 4.06. The minimum atomic E-state index is 0.0715.